The average Bonchev–Trinajstić information content (AvgIpc) is 2.39. The third-order valence-corrected chi connectivity index (χ3v) is 3.85. The van der Waals surface area contributed by atoms with Crippen molar-refractivity contribution < 1.29 is 9.53 Å². The number of ether oxygens (including phenoxy) is 1. The van der Waals surface area contributed by atoms with E-state index < -0.39 is 0 Å². The largest absolute Gasteiger partial charge is 0.454 e. The van der Waals surface area contributed by atoms with Crippen LogP contribution in [0.25, 0.3) is 0 Å². The number of carbonyl (C=O) groups excluding carboxylic acids is 1. The molecule has 2 atom stereocenters. The van der Waals surface area contributed by atoms with Crippen LogP contribution in [0.3, 0.4) is 0 Å². The lowest BCUT2D eigenvalue weighted by Gasteiger charge is -2.32. The molecule has 0 amide bonds. The van der Waals surface area contributed by atoms with Gasteiger partial charge in [-0.2, -0.15) is 0 Å². The van der Waals surface area contributed by atoms with Crippen LogP contribution in [0.4, 0.5) is 0 Å². The van der Waals surface area contributed by atoms with E-state index in [4.69, 9.17) is 4.74 Å². The molecule has 1 aromatic rings. The van der Waals surface area contributed by atoms with Crippen LogP contribution >= 0.6 is 0 Å². The second-order valence-corrected chi connectivity index (χ2v) is 5.70. The van der Waals surface area contributed by atoms with Gasteiger partial charge < -0.3 is 4.74 Å². The lowest BCUT2D eigenvalue weighted by molar-refractivity contribution is 0.0179. The summed E-state index contributed by atoms with van der Waals surface area (Å²) in [7, 11) is 0. The summed E-state index contributed by atoms with van der Waals surface area (Å²) in [5, 5.41) is 0. The van der Waals surface area contributed by atoms with Crippen molar-refractivity contribution in [1.82, 2.24) is 0 Å². The van der Waals surface area contributed by atoms with E-state index in [1.54, 1.807) is 12.1 Å². The predicted molar refractivity (Wildman–Crippen MR) is 77.0 cm³/mol. The summed E-state index contributed by atoms with van der Waals surface area (Å²) >= 11 is 0. The minimum absolute atomic E-state index is 0.0820. The van der Waals surface area contributed by atoms with E-state index in [1.807, 2.05) is 18.2 Å². The number of hydrogen-bond donors (Lipinski definition) is 0. The fourth-order valence-electron chi connectivity index (χ4n) is 2.65. The van der Waals surface area contributed by atoms with Crippen LogP contribution in [-0.2, 0) is 4.74 Å². The summed E-state index contributed by atoms with van der Waals surface area (Å²) in [6.07, 6.45) is 4.26. The summed E-state index contributed by atoms with van der Waals surface area (Å²) in [6, 6.07) is 9.22. The first-order valence-corrected chi connectivity index (χ1v) is 7.01. The smallest absolute Gasteiger partial charge is 0.338 e. The third-order valence-electron chi connectivity index (χ3n) is 3.85. The highest BCUT2D eigenvalue weighted by Crippen LogP contribution is 2.31. The summed E-state index contributed by atoms with van der Waals surface area (Å²) in [4.78, 5) is 12.1. The summed E-state index contributed by atoms with van der Waals surface area (Å²) in [5.74, 6) is 0.733. The molecule has 19 heavy (non-hydrogen) atoms. The normalized spacial score (nSPS) is 23.1. The molecule has 0 spiro atoms. The number of carbonyl (C=O) groups is 1. The Kier molecular flexibility index (Phi) is 4.41. The van der Waals surface area contributed by atoms with Gasteiger partial charge in [0.1, 0.15) is 6.10 Å². The Bertz CT molecular complexity index is 459. The summed E-state index contributed by atoms with van der Waals surface area (Å²) in [6.45, 7) is 6.50. The van der Waals surface area contributed by atoms with Crippen LogP contribution in [0.5, 0.6) is 0 Å². The molecule has 1 aliphatic rings. The maximum Gasteiger partial charge on any atom is 0.338 e. The van der Waals surface area contributed by atoms with Gasteiger partial charge in [0.05, 0.1) is 5.56 Å². The molecule has 0 aromatic heterocycles. The second-order valence-electron chi connectivity index (χ2n) is 5.70. The highest BCUT2D eigenvalue weighted by Gasteiger charge is 2.29. The molecular formula is C17H22O2. The number of rotatable bonds is 3. The SMILES string of the molecule is CC1=C[C@@H](OC(=O)c2ccccc2)[C@H](C(C)C)CC1. The topological polar surface area (TPSA) is 26.3 Å². The first-order valence-electron chi connectivity index (χ1n) is 7.01. The van der Waals surface area contributed by atoms with Crippen molar-refractivity contribution in [3.8, 4) is 0 Å². The van der Waals surface area contributed by atoms with E-state index in [0.29, 0.717) is 17.4 Å². The molecule has 0 fully saturated rings. The molecule has 0 unspecified atom stereocenters. The van der Waals surface area contributed by atoms with E-state index in [2.05, 4.69) is 26.8 Å². The highest BCUT2D eigenvalue weighted by molar-refractivity contribution is 5.89. The van der Waals surface area contributed by atoms with Gasteiger partial charge in [0.2, 0.25) is 0 Å². The van der Waals surface area contributed by atoms with Crippen LogP contribution in [-0.4, -0.2) is 12.1 Å². The molecule has 0 radical (unpaired) electrons. The molecule has 102 valence electrons. The van der Waals surface area contributed by atoms with Gasteiger partial charge in [0.25, 0.3) is 0 Å². The lowest BCUT2D eigenvalue weighted by atomic mass is 9.80. The number of hydrogen-bond acceptors (Lipinski definition) is 2. The van der Waals surface area contributed by atoms with Crippen LogP contribution in [0.2, 0.25) is 0 Å². The number of benzene rings is 1. The first kappa shape index (κ1) is 13.9. The van der Waals surface area contributed by atoms with Gasteiger partial charge in [0.15, 0.2) is 0 Å². The van der Waals surface area contributed by atoms with Gasteiger partial charge in [0, 0.05) is 5.92 Å². The monoisotopic (exact) mass is 258 g/mol. The van der Waals surface area contributed by atoms with Gasteiger partial charge in [-0.15, -0.1) is 0 Å². The van der Waals surface area contributed by atoms with Gasteiger partial charge in [-0.1, -0.05) is 37.6 Å². The fraction of sp³-hybridized carbons (Fsp3) is 0.471. The molecule has 1 aliphatic carbocycles. The Morgan fingerprint density at radius 3 is 2.58 bits per heavy atom. The number of esters is 1. The Hall–Kier alpha value is -1.57. The second kappa shape index (κ2) is 6.05. The van der Waals surface area contributed by atoms with Crippen molar-refractivity contribution in [3.63, 3.8) is 0 Å². The van der Waals surface area contributed by atoms with E-state index in [9.17, 15) is 4.79 Å². The van der Waals surface area contributed by atoms with Crippen molar-refractivity contribution in [3.05, 3.63) is 47.5 Å². The quantitative estimate of drug-likeness (QED) is 0.599. The van der Waals surface area contributed by atoms with E-state index >= 15 is 0 Å². The first-order chi connectivity index (χ1) is 9.08. The molecule has 0 aliphatic heterocycles. The molecule has 2 rings (SSSR count). The van der Waals surface area contributed by atoms with E-state index in [1.165, 1.54) is 5.57 Å². The van der Waals surface area contributed by atoms with Crippen molar-refractivity contribution in [1.29, 1.82) is 0 Å². The van der Waals surface area contributed by atoms with Crippen LogP contribution in [0.15, 0.2) is 42.0 Å². The summed E-state index contributed by atoms with van der Waals surface area (Å²) in [5.41, 5.74) is 1.95. The molecular weight excluding hydrogens is 236 g/mol. The fourth-order valence-corrected chi connectivity index (χ4v) is 2.65. The summed E-state index contributed by atoms with van der Waals surface area (Å²) < 4.78 is 5.71. The molecule has 2 heteroatoms. The highest BCUT2D eigenvalue weighted by atomic mass is 16.5. The van der Waals surface area contributed by atoms with E-state index in [0.717, 1.165) is 12.8 Å². The Morgan fingerprint density at radius 2 is 1.95 bits per heavy atom. The number of allylic oxidation sites excluding steroid dienone is 1. The molecule has 0 bridgehead atoms. The zero-order valence-electron chi connectivity index (χ0n) is 11.9. The van der Waals surface area contributed by atoms with Crippen molar-refractivity contribution in [2.45, 2.75) is 39.7 Å². The standard InChI is InChI=1S/C17H22O2/c1-12(2)15-10-9-13(3)11-16(15)19-17(18)14-7-5-4-6-8-14/h4-8,11-12,15-16H,9-10H2,1-3H3/t15-,16+/m0/s1. The van der Waals surface area contributed by atoms with Gasteiger partial charge in [-0.05, 0) is 43.9 Å². The van der Waals surface area contributed by atoms with Crippen molar-refractivity contribution in [2.24, 2.45) is 11.8 Å². The molecule has 0 saturated heterocycles. The Morgan fingerprint density at radius 1 is 1.26 bits per heavy atom. The molecule has 0 heterocycles. The van der Waals surface area contributed by atoms with Crippen LogP contribution in [0.1, 0.15) is 44.0 Å². The van der Waals surface area contributed by atoms with Crippen LogP contribution in [0, 0.1) is 11.8 Å². The predicted octanol–water partition coefficient (Wildman–Crippen LogP) is 4.22. The zero-order chi connectivity index (χ0) is 13.8. The third kappa shape index (κ3) is 3.46. The minimum atomic E-state index is -0.220. The molecule has 1 aromatic carbocycles. The Balaban J connectivity index is 2.11. The van der Waals surface area contributed by atoms with Crippen molar-refractivity contribution in [2.75, 3.05) is 0 Å². The van der Waals surface area contributed by atoms with Gasteiger partial charge in [-0.3, -0.25) is 0 Å². The molecule has 0 N–H and O–H groups in total. The molecule has 0 saturated carbocycles. The maximum absolute atomic E-state index is 12.1. The van der Waals surface area contributed by atoms with E-state index in [-0.39, 0.29) is 12.1 Å². The molecule has 2 nitrogen and oxygen atoms in total. The van der Waals surface area contributed by atoms with Gasteiger partial charge >= 0.3 is 5.97 Å². The zero-order valence-corrected chi connectivity index (χ0v) is 11.9. The maximum atomic E-state index is 12.1. The minimum Gasteiger partial charge on any atom is -0.454 e. The lowest BCUT2D eigenvalue weighted by Crippen LogP contribution is -2.31. The van der Waals surface area contributed by atoms with Crippen LogP contribution < -0.4 is 0 Å². The average molecular weight is 258 g/mol. The van der Waals surface area contributed by atoms with Crippen molar-refractivity contribution >= 4 is 5.97 Å². The Labute approximate surface area is 115 Å². The van der Waals surface area contributed by atoms with Gasteiger partial charge in [-0.25, -0.2) is 4.79 Å².